The summed E-state index contributed by atoms with van der Waals surface area (Å²) in [4.78, 5) is 12.8. The topological polar surface area (TPSA) is 64.4 Å². The van der Waals surface area contributed by atoms with Gasteiger partial charge in [0.2, 0.25) is 0 Å². The number of anilines is 1. The molecule has 0 saturated carbocycles. The number of rotatable bonds is 4. The number of halogens is 1. The number of methoxy groups -OCH3 is 1. The quantitative estimate of drug-likeness (QED) is 0.531. The summed E-state index contributed by atoms with van der Waals surface area (Å²) >= 11 is 0. The van der Waals surface area contributed by atoms with Crippen LogP contribution in [0.2, 0.25) is 0 Å². The average molecular weight is 376 g/mol. The average Bonchev–Trinajstić information content (AvgIpc) is 3.12. The summed E-state index contributed by atoms with van der Waals surface area (Å²) in [5.41, 5.74) is 3.34. The zero-order chi connectivity index (χ0) is 19.7. The standard InChI is InChI=1S/C22H17FN2O3/c1-13-3-10-20(27-2)19(11-13)24-22(26)15-6-9-18-17(12-15)21(28-25-18)14-4-7-16(23)8-5-14/h3-12H,1-2H3,(H,24,26). The number of hydrogen-bond donors (Lipinski definition) is 1. The van der Waals surface area contributed by atoms with E-state index in [4.69, 9.17) is 9.26 Å². The Morgan fingerprint density at radius 1 is 1.07 bits per heavy atom. The number of nitrogens with zero attached hydrogens (tertiary/aromatic N) is 1. The highest BCUT2D eigenvalue weighted by atomic mass is 19.1. The second-order valence-corrected chi connectivity index (χ2v) is 6.41. The van der Waals surface area contributed by atoms with Crippen LogP contribution in [0.4, 0.5) is 10.1 Å². The second kappa shape index (κ2) is 7.15. The zero-order valence-corrected chi connectivity index (χ0v) is 15.3. The first-order valence-corrected chi connectivity index (χ1v) is 8.66. The van der Waals surface area contributed by atoms with E-state index in [9.17, 15) is 9.18 Å². The molecule has 5 nitrogen and oxygen atoms in total. The molecule has 28 heavy (non-hydrogen) atoms. The smallest absolute Gasteiger partial charge is 0.255 e. The predicted octanol–water partition coefficient (Wildman–Crippen LogP) is 5.20. The molecular formula is C22H17FN2O3. The SMILES string of the molecule is COc1ccc(C)cc1NC(=O)c1ccc2noc(-c3ccc(F)cc3)c2c1. The van der Waals surface area contributed by atoms with E-state index in [0.717, 1.165) is 5.56 Å². The fraction of sp³-hybridized carbons (Fsp3) is 0.0909. The molecular weight excluding hydrogens is 359 g/mol. The lowest BCUT2D eigenvalue weighted by Gasteiger charge is -2.11. The third kappa shape index (κ3) is 3.32. The Hall–Kier alpha value is -3.67. The number of fused-ring (bicyclic) bond motifs is 1. The van der Waals surface area contributed by atoms with Crippen molar-refractivity contribution in [2.24, 2.45) is 0 Å². The Labute approximate surface area is 160 Å². The summed E-state index contributed by atoms with van der Waals surface area (Å²) in [5.74, 6) is 0.451. The van der Waals surface area contributed by atoms with Crippen LogP contribution in [0.1, 0.15) is 15.9 Å². The van der Waals surface area contributed by atoms with Crippen molar-refractivity contribution >= 4 is 22.5 Å². The molecule has 0 unspecified atom stereocenters. The number of benzene rings is 3. The molecule has 0 saturated heterocycles. The summed E-state index contributed by atoms with van der Waals surface area (Å²) in [6, 6.07) is 16.6. The minimum atomic E-state index is -0.334. The van der Waals surface area contributed by atoms with Crippen molar-refractivity contribution < 1.29 is 18.4 Å². The molecule has 1 amide bonds. The molecule has 1 heterocycles. The first-order valence-electron chi connectivity index (χ1n) is 8.66. The molecule has 3 aromatic carbocycles. The fourth-order valence-electron chi connectivity index (χ4n) is 3.01. The van der Waals surface area contributed by atoms with Crippen molar-refractivity contribution in [3.63, 3.8) is 0 Å². The third-order valence-corrected chi connectivity index (χ3v) is 4.45. The van der Waals surface area contributed by atoms with Crippen molar-refractivity contribution in [3.05, 3.63) is 77.6 Å². The van der Waals surface area contributed by atoms with E-state index in [1.807, 2.05) is 19.1 Å². The molecule has 0 aliphatic rings. The molecule has 0 bridgehead atoms. The summed E-state index contributed by atoms with van der Waals surface area (Å²) in [6.45, 7) is 1.94. The van der Waals surface area contributed by atoms with Crippen LogP contribution in [-0.2, 0) is 0 Å². The summed E-state index contributed by atoms with van der Waals surface area (Å²) in [7, 11) is 1.55. The monoisotopic (exact) mass is 376 g/mol. The largest absolute Gasteiger partial charge is 0.495 e. The van der Waals surface area contributed by atoms with Crippen molar-refractivity contribution in [3.8, 4) is 17.1 Å². The van der Waals surface area contributed by atoms with Gasteiger partial charge in [-0.25, -0.2) is 4.39 Å². The van der Waals surface area contributed by atoms with Crippen molar-refractivity contribution in [1.82, 2.24) is 5.16 Å². The minimum Gasteiger partial charge on any atom is -0.495 e. The van der Waals surface area contributed by atoms with Gasteiger partial charge in [0.25, 0.3) is 5.91 Å². The summed E-state index contributed by atoms with van der Waals surface area (Å²) < 4.78 is 23.9. The molecule has 0 aliphatic heterocycles. The third-order valence-electron chi connectivity index (χ3n) is 4.45. The Balaban J connectivity index is 1.69. The van der Waals surface area contributed by atoms with Crippen LogP contribution in [0, 0.1) is 12.7 Å². The van der Waals surface area contributed by atoms with Gasteiger partial charge in [-0.2, -0.15) is 0 Å². The van der Waals surface area contributed by atoms with Gasteiger partial charge < -0.3 is 14.6 Å². The highest BCUT2D eigenvalue weighted by Gasteiger charge is 2.15. The lowest BCUT2D eigenvalue weighted by atomic mass is 10.1. The second-order valence-electron chi connectivity index (χ2n) is 6.41. The van der Waals surface area contributed by atoms with Gasteiger partial charge in [0.15, 0.2) is 5.76 Å². The highest BCUT2D eigenvalue weighted by Crippen LogP contribution is 2.30. The predicted molar refractivity (Wildman–Crippen MR) is 105 cm³/mol. The lowest BCUT2D eigenvalue weighted by Crippen LogP contribution is -2.12. The normalized spacial score (nSPS) is 10.8. The van der Waals surface area contributed by atoms with Gasteiger partial charge in [-0.15, -0.1) is 0 Å². The maximum absolute atomic E-state index is 13.2. The summed E-state index contributed by atoms with van der Waals surface area (Å²) in [5, 5.41) is 7.57. The van der Waals surface area contributed by atoms with Crippen LogP contribution in [0.15, 0.2) is 65.2 Å². The molecule has 4 aromatic rings. The van der Waals surface area contributed by atoms with E-state index in [1.165, 1.54) is 12.1 Å². The van der Waals surface area contributed by atoms with Crippen LogP contribution >= 0.6 is 0 Å². The molecule has 1 N–H and O–H groups in total. The minimum absolute atomic E-state index is 0.281. The van der Waals surface area contributed by atoms with Gasteiger partial charge in [-0.1, -0.05) is 11.2 Å². The van der Waals surface area contributed by atoms with E-state index >= 15 is 0 Å². The molecule has 0 aliphatic carbocycles. The van der Waals surface area contributed by atoms with Crippen LogP contribution in [-0.4, -0.2) is 18.2 Å². The van der Waals surface area contributed by atoms with E-state index in [1.54, 1.807) is 43.5 Å². The van der Waals surface area contributed by atoms with Gasteiger partial charge in [0.05, 0.1) is 18.2 Å². The van der Waals surface area contributed by atoms with Gasteiger partial charge in [-0.3, -0.25) is 4.79 Å². The van der Waals surface area contributed by atoms with Crippen LogP contribution in [0.25, 0.3) is 22.2 Å². The molecule has 0 fully saturated rings. The maximum Gasteiger partial charge on any atom is 0.255 e. The molecule has 140 valence electrons. The van der Waals surface area contributed by atoms with E-state index in [2.05, 4.69) is 10.5 Å². The highest BCUT2D eigenvalue weighted by molar-refractivity contribution is 6.08. The van der Waals surface area contributed by atoms with Gasteiger partial charge in [0, 0.05) is 11.1 Å². The number of nitrogens with one attached hydrogen (secondary N) is 1. The number of aromatic nitrogens is 1. The Morgan fingerprint density at radius 3 is 2.61 bits per heavy atom. The molecule has 6 heteroatoms. The number of hydrogen-bond acceptors (Lipinski definition) is 4. The van der Waals surface area contributed by atoms with Crippen molar-refractivity contribution in [1.29, 1.82) is 0 Å². The number of aryl methyl sites for hydroxylation is 1. The Bertz CT molecular complexity index is 1170. The molecule has 0 atom stereocenters. The zero-order valence-electron chi connectivity index (χ0n) is 15.3. The van der Waals surface area contributed by atoms with Crippen LogP contribution in [0.5, 0.6) is 5.75 Å². The first-order chi connectivity index (χ1) is 13.5. The van der Waals surface area contributed by atoms with Gasteiger partial charge in [-0.05, 0) is 67.1 Å². The Kier molecular flexibility index (Phi) is 4.53. The number of carbonyl (C=O) groups excluding carboxylic acids is 1. The molecule has 4 rings (SSSR count). The number of amides is 1. The molecule has 1 aromatic heterocycles. The number of ether oxygens (including phenoxy) is 1. The van der Waals surface area contributed by atoms with E-state index in [0.29, 0.717) is 39.2 Å². The lowest BCUT2D eigenvalue weighted by molar-refractivity contribution is 0.102. The van der Waals surface area contributed by atoms with Gasteiger partial charge >= 0.3 is 0 Å². The number of carbonyl (C=O) groups is 1. The Morgan fingerprint density at radius 2 is 1.86 bits per heavy atom. The fourth-order valence-corrected chi connectivity index (χ4v) is 3.01. The summed E-state index contributed by atoms with van der Waals surface area (Å²) in [6.07, 6.45) is 0. The first kappa shape index (κ1) is 17.7. The molecule has 0 radical (unpaired) electrons. The van der Waals surface area contributed by atoms with Crippen LogP contribution in [0.3, 0.4) is 0 Å². The molecule has 0 spiro atoms. The maximum atomic E-state index is 13.2. The van der Waals surface area contributed by atoms with Crippen molar-refractivity contribution in [2.75, 3.05) is 12.4 Å². The van der Waals surface area contributed by atoms with Crippen LogP contribution < -0.4 is 10.1 Å². The van der Waals surface area contributed by atoms with E-state index < -0.39 is 0 Å². The van der Waals surface area contributed by atoms with Crippen molar-refractivity contribution in [2.45, 2.75) is 6.92 Å². The van der Waals surface area contributed by atoms with E-state index in [-0.39, 0.29) is 11.7 Å². The van der Waals surface area contributed by atoms with Gasteiger partial charge in [0.1, 0.15) is 17.1 Å².